The highest BCUT2D eigenvalue weighted by Gasteiger charge is 2.11. The SMILES string of the molecule is Cc1ccc(CNc2ccc(Nc3nc(-c4sc(C)nc4C)cs3)cc2)c(F)c1. The predicted molar refractivity (Wildman–Crippen MR) is 121 cm³/mol. The smallest absolute Gasteiger partial charge is 0.187 e. The number of nitrogens with zero attached hydrogens (tertiary/aromatic N) is 2. The summed E-state index contributed by atoms with van der Waals surface area (Å²) < 4.78 is 14.0. The highest BCUT2D eigenvalue weighted by Crippen LogP contribution is 2.33. The molecule has 0 aliphatic carbocycles. The van der Waals surface area contributed by atoms with E-state index in [4.69, 9.17) is 0 Å². The molecule has 0 unspecified atom stereocenters. The van der Waals surface area contributed by atoms with Crippen LogP contribution in [0.1, 0.15) is 21.8 Å². The van der Waals surface area contributed by atoms with Gasteiger partial charge in [0.1, 0.15) is 5.82 Å². The van der Waals surface area contributed by atoms with Gasteiger partial charge < -0.3 is 10.6 Å². The van der Waals surface area contributed by atoms with Gasteiger partial charge in [0, 0.05) is 28.9 Å². The molecule has 4 rings (SSSR count). The lowest BCUT2D eigenvalue weighted by atomic mass is 10.1. The average molecular weight is 425 g/mol. The first-order chi connectivity index (χ1) is 14.0. The molecule has 7 heteroatoms. The van der Waals surface area contributed by atoms with Gasteiger partial charge in [0.05, 0.1) is 21.3 Å². The Bertz CT molecular complexity index is 1130. The lowest BCUT2D eigenvalue weighted by Crippen LogP contribution is -2.02. The maximum atomic E-state index is 14.0. The van der Waals surface area contributed by atoms with Gasteiger partial charge >= 0.3 is 0 Å². The van der Waals surface area contributed by atoms with Crippen LogP contribution in [0, 0.1) is 26.6 Å². The minimum absolute atomic E-state index is 0.179. The van der Waals surface area contributed by atoms with Crippen LogP contribution in [0.15, 0.2) is 47.8 Å². The highest BCUT2D eigenvalue weighted by molar-refractivity contribution is 7.16. The van der Waals surface area contributed by atoms with Crippen LogP contribution in [0.2, 0.25) is 0 Å². The van der Waals surface area contributed by atoms with Crippen LogP contribution >= 0.6 is 22.7 Å². The van der Waals surface area contributed by atoms with Crippen LogP contribution < -0.4 is 10.6 Å². The average Bonchev–Trinajstić information content (AvgIpc) is 3.28. The number of thiazole rings is 2. The fraction of sp³-hybridized carbons (Fsp3) is 0.182. The van der Waals surface area contributed by atoms with Gasteiger partial charge in [-0.1, -0.05) is 12.1 Å². The van der Waals surface area contributed by atoms with Gasteiger partial charge in [-0.3, -0.25) is 0 Å². The Morgan fingerprint density at radius 1 is 0.966 bits per heavy atom. The first-order valence-corrected chi connectivity index (χ1v) is 10.9. The number of halogens is 1. The number of nitrogens with one attached hydrogen (secondary N) is 2. The maximum absolute atomic E-state index is 14.0. The minimum Gasteiger partial charge on any atom is -0.381 e. The minimum atomic E-state index is -0.179. The Balaban J connectivity index is 1.39. The van der Waals surface area contributed by atoms with E-state index < -0.39 is 0 Å². The molecule has 2 aromatic carbocycles. The van der Waals surface area contributed by atoms with Crippen molar-refractivity contribution in [2.24, 2.45) is 0 Å². The Labute approximate surface area is 177 Å². The Hall–Kier alpha value is -2.77. The molecule has 0 aliphatic rings. The van der Waals surface area contributed by atoms with Crippen molar-refractivity contribution in [3.8, 4) is 10.6 Å². The lowest BCUT2D eigenvalue weighted by molar-refractivity contribution is 0.611. The van der Waals surface area contributed by atoms with E-state index in [9.17, 15) is 4.39 Å². The Kier molecular flexibility index (Phi) is 5.60. The summed E-state index contributed by atoms with van der Waals surface area (Å²) in [5, 5.41) is 10.5. The summed E-state index contributed by atoms with van der Waals surface area (Å²) in [6.07, 6.45) is 0. The molecule has 4 aromatic rings. The number of rotatable bonds is 6. The van der Waals surface area contributed by atoms with Gasteiger partial charge in [-0.2, -0.15) is 0 Å². The van der Waals surface area contributed by atoms with Crippen molar-refractivity contribution in [3.63, 3.8) is 0 Å². The zero-order valence-corrected chi connectivity index (χ0v) is 18.0. The quantitative estimate of drug-likeness (QED) is 0.362. The van der Waals surface area contributed by atoms with Crippen LogP contribution in [0.3, 0.4) is 0 Å². The summed E-state index contributed by atoms with van der Waals surface area (Å²) in [6, 6.07) is 13.2. The summed E-state index contributed by atoms with van der Waals surface area (Å²) in [5.41, 5.74) is 5.44. The first-order valence-electron chi connectivity index (χ1n) is 9.24. The molecule has 2 heterocycles. The molecule has 0 aliphatic heterocycles. The van der Waals surface area contributed by atoms with Crippen molar-refractivity contribution in [1.82, 2.24) is 9.97 Å². The van der Waals surface area contributed by atoms with E-state index in [1.165, 1.54) is 0 Å². The fourth-order valence-corrected chi connectivity index (χ4v) is 4.67. The van der Waals surface area contributed by atoms with Gasteiger partial charge in [-0.05, 0) is 56.7 Å². The standard InChI is InChI=1S/C22H21FN4S2/c1-13-4-5-16(19(23)10-13)11-24-17-6-8-18(9-7-17)26-22-27-20(12-28-22)21-14(2)25-15(3)29-21/h4-10,12,24H,11H2,1-3H3,(H,26,27). The largest absolute Gasteiger partial charge is 0.381 e. The van der Waals surface area contributed by atoms with Gasteiger partial charge in [-0.15, -0.1) is 22.7 Å². The van der Waals surface area contributed by atoms with Crippen molar-refractivity contribution >= 4 is 39.2 Å². The molecular weight excluding hydrogens is 403 g/mol. The number of aryl methyl sites for hydroxylation is 3. The molecule has 0 bridgehead atoms. The number of hydrogen-bond donors (Lipinski definition) is 2. The first kappa shape index (κ1) is 19.5. The summed E-state index contributed by atoms with van der Waals surface area (Å²) in [7, 11) is 0. The molecule has 29 heavy (non-hydrogen) atoms. The zero-order chi connectivity index (χ0) is 20.4. The molecule has 0 atom stereocenters. The van der Waals surface area contributed by atoms with E-state index in [-0.39, 0.29) is 5.82 Å². The van der Waals surface area contributed by atoms with Crippen LogP contribution in [0.5, 0.6) is 0 Å². The summed E-state index contributed by atoms with van der Waals surface area (Å²) in [4.78, 5) is 10.3. The molecule has 0 radical (unpaired) electrons. The van der Waals surface area contributed by atoms with Crippen molar-refractivity contribution in [2.75, 3.05) is 10.6 Å². The second-order valence-electron chi connectivity index (χ2n) is 6.84. The van der Waals surface area contributed by atoms with Gasteiger partial charge in [0.2, 0.25) is 0 Å². The summed E-state index contributed by atoms with van der Waals surface area (Å²) >= 11 is 3.24. The van der Waals surface area contributed by atoms with Gasteiger partial charge in [0.25, 0.3) is 0 Å². The van der Waals surface area contributed by atoms with Crippen molar-refractivity contribution in [1.29, 1.82) is 0 Å². The number of benzene rings is 2. The third-order valence-electron chi connectivity index (χ3n) is 4.47. The van der Waals surface area contributed by atoms with Crippen LogP contribution in [0.25, 0.3) is 10.6 Å². The number of anilines is 3. The topological polar surface area (TPSA) is 49.8 Å². The molecule has 0 amide bonds. The fourth-order valence-electron chi connectivity index (χ4n) is 2.99. The molecule has 148 valence electrons. The zero-order valence-electron chi connectivity index (χ0n) is 16.4. The summed E-state index contributed by atoms with van der Waals surface area (Å²) in [5.74, 6) is -0.179. The molecule has 0 spiro atoms. The lowest BCUT2D eigenvalue weighted by Gasteiger charge is -2.09. The van der Waals surface area contributed by atoms with E-state index in [0.717, 1.165) is 43.3 Å². The molecule has 2 aromatic heterocycles. The molecule has 4 nitrogen and oxygen atoms in total. The van der Waals surface area contributed by atoms with Gasteiger partial charge in [-0.25, -0.2) is 14.4 Å². The van der Waals surface area contributed by atoms with Crippen molar-refractivity contribution in [2.45, 2.75) is 27.3 Å². The van der Waals surface area contributed by atoms with Crippen molar-refractivity contribution in [3.05, 3.63) is 75.5 Å². The van der Waals surface area contributed by atoms with Crippen LogP contribution in [0.4, 0.5) is 20.9 Å². The maximum Gasteiger partial charge on any atom is 0.187 e. The molecule has 0 fully saturated rings. The normalized spacial score (nSPS) is 10.9. The third-order valence-corrected chi connectivity index (χ3v) is 6.32. The second kappa shape index (κ2) is 8.31. The van der Waals surface area contributed by atoms with Crippen LogP contribution in [-0.4, -0.2) is 9.97 Å². The Morgan fingerprint density at radius 3 is 2.41 bits per heavy atom. The summed E-state index contributed by atoms with van der Waals surface area (Å²) in [6.45, 7) is 6.36. The van der Waals surface area contributed by atoms with Crippen molar-refractivity contribution < 1.29 is 4.39 Å². The monoisotopic (exact) mass is 424 g/mol. The number of hydrogen-bond acceptors (Lipinski definition) is 6. The van der Waals surface area contributed by atoms with Gasteiger partial charge in [0.15, 0.2) is 5.13 Å². The molecular formula is C22H21FN4S2. The number of aromatic nitrogens is 2. The Morgan fingerprint density at radius 2 is 1.72 bits per heavy atom. The van der Waals surface area contributed by atoms with Crippen LogP contribution in [-0.2, 0) is 6.54 Å². The van der Waals surface area contributed by atoms with E-state index in [1.807, 2.05) is 62.5 Å². The van der Waals surface area contributed by atoms with E-state index in [1.54, 1.807) is 28.7 Å². The molecule has 0 saturated heterocycles. The predicted octanol–water partition coefficient (Wildman–Crippen LogP) is 6.69. The second-order valence-corrected chi connectivity index (χ2v) is 8.90. The molecule has 2 N–H and O–H groups in total. The third kappa shape index (κ3) is 4.63. The van der Waals surface area contributed by atoms with E-state index in [0.29, 0.717) is 12.1 Å². The van der Waals surface area contributed by atoms with E-state index in [2.05, 4.69) is 20.6 Å². The molecule has 0 saturated carbocycles. The highest BCUT2D eigenvalue weighted by atomic mass is 32.1. The van der Waals surface area contributed by atoms with E-state index >= 15 is 0 Å².